The maximum Gasteiger partial charge on any atom is 0.345 e. The Morgan fingerprint density at radius 3 is 3.04 bits per heavy atom. The number of rotatable bonds is 4. The lowest BCUT2D eigenvalue weighted by Gasteiger charge is -2.21. The van der Waals surface area contributed by atoms with Gasteiger partial charge in [0.1, 0.15) is 17.5 Å². The number of aromatic nitrogens is 3. The monoisotopic (exact) mass is 398 g/mol. The Balaban J connectivity index is 1.54. The molecule has 1 aliphatic heterocycles. The molecule has 0 bridgehead atoms. The number of hydrogen-bond donors (Lipinski definition) is 1. The molecular weight excluding hydrogens is 380 g/mol. The molecule has 1 saturated heterocycles. The number of halogens is 1. The van der Waals surface area contributed by atoms with Crippen LogP contribution in [-0.2, 0) is 6.42 Å². The van der Waals surface area contributed by atoms with E-state index in [9.17, 15) is 9.59 Å². The summed E-state index contributed by atoms with van der Waals surface area (Å²) in [6.07, 6.45) is 3.85. The zero-order valence-electron chi connectivity index (χ0n) is 15.3. The van der Waals surface area contributed by atoms with Crippen LogP contribution in [0.3, 0.4) is 0 Å². The van der Waals surface area contributed by atoms with Gasteiger partial charge in [-0.2, -0.15) is 4.98 Å². The molecule has 7 nitrogen and oxygen atoms in total. The van der Waals surface area contributed by atoms with Crippen LogP contribution in [0.1, 0.15) is 52.3 Å². The van der Waals surface area contributed by atoms with E-state index in [4.69, 9.17) is 16.0 Å². The van der Waals surface area contributed by atoms with E-state index in [-0.39, 0.29) is 17.6 Å². The van der Waals surface area contributed by atoms with E-state index in [0.717, 1.165) is 18.4 Å². The molecule has 3 heterocycles. The third-order valence-corrected chi connectivity index (χ3v) is 4.97. The number of carbonyl (C=O) groups excluding carboxylic acids is 1. The first-order valence-corrected chi connectivity index (χ1v) is 9.45. The van der Waals surface area contributed by atoms with Gasteiger partial charge in [-0.05, 0) is 43.5 Å². The third kappa shape index (κ3) is 3.84. The van der Waals surface area contributed by atoms with Crippen LogP contribution in [0.25, 0.3) is 0 Å². The van der Waals surface area contributed by atoms with Crippen molar-refractivity contribution in [3.05, 3.63) is 80.6 Å². The molecule has 1 aliphatic rings. The number of oxazole rings is 1. The second-order valence-electron chi connectivity index (χ2n) is 6.88. The number of nitrogens with zero attached hydrogens (tertiary/aromatic N) is 3. The Kier molecular flexibility index (Phi) is 5.00. The second kappa shape index (κ2) is 7.59. The van der Waals surface area contributed by atoms with E-state index in [2.05, 4.69) is 15.0 Å². The zero-order valence-corrected chi connectivity index (χ0v) is 16.1. The summed E-state index contributed by atoms with van der Waals surface area (Å²) >= 11 is 6.03. The average molecular weight is 399 g/mol. The number of aryl methyl sites for hydroxylation is 1. The van der Waals surface area contributed by atoms with E-state index < -0.39 is 5.69 Å². The number of carbonyl (C=O) groups is 1. The highest BCUT2D eigenvalue weighted by Crippen LogP contribution is 2.33. The Labute approximate surface area is 166 Å². The number of aromatic amines is 1. The molecule has 0 aliphatic carbocycles. The minimum Gasteiger partial charge on any atom is -0.443 e. The van der Waals surface area contributed by atoms with E-state index in [1.165, 1.54) is 0 Å². The van der Waals surface area contributed by atoms with Gasteiger partial charge in [0.05, 0.1) is 6.20 Å². The summed E-state index contributed by atoms with van der Waals surface area (Å²) in [4.78, 5) is 36.9. The lowest BCUT2D eigenvalue weighted by molar-refractivity contribution is 0.0708. The van der Waals surface area contributed by atoms with Crippen molar-refractivity contribution < 1.29 is 9.21 Å². The van der Waals surface area contributed by atoms with Gasteiger partial charge < -0.3 is 14.3 Å². The summed E-state index contributed by atoms with van der Waals surface area (Å²) in [5.41, 5.74) is 1.23. The van der Waals surface area contributed by atoms with Crippen LogP contribution >= 0.6 is 11.6 Å². The molecule has 8 heteroatoms. The van der Waals surface area contributed by atoms with Crippen molar-refractivity contribution in [3.63, 3.8) is 0 Å². The van der Waals surface area contributed by atoms with Crippen molar-refractivity contribution in [1.29, 1.82) is 0 Å². The molecule has 4 rings (SSSR count). The normalized spacial score (nSPS) is 16.5. The Hall–Kier alpha value is -2.93. The number of amides is 1. The van der Waals surface area contributed by atoms with Crippen molar-refractivity contribution in [1.82, 2.24) is 19.9 Å². The number of H-pyrrole nitrogens is 1. The first kappa shape index (κ1) is 18.4. The minimum atomic E-state index is -0.529. The van der Waals surface area contributed by atoms with Crippen molar-refractivity contribution in [3.8, 4) is 0 Å². The summed E-state index contributed by atoms with van der Waals surface area (Å²) in [6, 6.07) is 8.89. The first-order chi connectivity index (χ1) is 13.5. The van der Waals surface area contributed by atoms with Crippen molar-refractivity contribution in [2.45, 2.75) is 32.2 Å². The van der Waals surface area contributed by atoms with Gasteiger partial charge >= 0.3 is 5.69 Å². The summed E-state index contributed by atoms with van der Waals surface area (Å²) in [6.45, 7) is 2.29. The largest absolute Gasteiger partial charge is 0.443 e. The maximum atomic E-state index is 12.9. The van der Waals surface area contributed by atoms with Crippen LogP contribution < -0.4 is 5.69 Å². The van der Waals surface area contributed by atoms with Gasteiger partial charge in [-0.15, -0.1) is 0 Å². The predicted octanol–water partition coefficient (Wildman–Crippen LogP) is 3.29. The Bertz CT molecular complexity index is 1080. The van der Waals surface area contributed by atoms with Crippen LogP contribution in [0.4, 0.5) is 0 Å². The van der Waals surface area contributed by atoms with E-state index in [1.807, 2.05) is 24.3 Å². The van der Waals surface area contributed by atoms with Crippen molar-refractivity contribution in [2.75, 3.05) is 6.54 Å². The van der Waals surface area contributed by atoms with Crippen LogP contribution in [-0.4, -0.2) is 32.3 Å². The SMILES string of the molecule is Cc1cc(C(=O)N2CCC[C@H]2c2ncc(Cc3cccc(Cl)c3)o2)nc(=O)[nH]1. The predicted molar refractivity (Wildman–Crippen MR) is 103 cm³/mol. The van der Waals surface area contributed by atoms with Crippen LogP contribution in [0.2, 0.25) is 5.02 Å². The van der Waals surface area contributed by atoms with Gasteiger partial charge in [-0.1, -0.05) is 23.7 Å². The molecule has 1 fully saturated rings. The van der Waals surface area contributed by atoms with Crippen LogP contribution in [0.5, 0.6) is 0 Å². The number of likely N-dealkylation sites (tertiary alicyclic amines) is 1. The molecule has 2 aromatic heterocycles. The van der Waals surface area contributed by atoms with Crippen LogP contribution in [0.15, 0.2) is 45.7 Å². The van der Waals surface area contributed by atoms with Gasteiger partial charge in [-0.3, -0.25) is 4.79 Å². The van der Waals surface area contributed by atoms with E-state index >= 15 is 0 Å². The summed E-state index contributed by atoms with van der Waals surface area (Å²) in [7, 11) is 0. The number of benzene rings is 1. The highest BCUT2D eigenvalue weighted by molar-refractivity contribution is 6.30. The van der Waals surface area contributed by atoms with E-state index in [1.54, 1.807) is 24.1 Å². The molecule has 1 aromatic carbocycles. The fourth-order valence-electron chi connectivity index (χ4n) is 3.51. The van der Waals surface area contributed by atoms with Gasteiger partial charge in [0.25, 0.3) is 5.91 Å². The molecule has 0 spiro atoms. The van der Waals surface area contributed by atoms with Gasteiger partial charge in [0.2, 0.25) is 5.89 Å². The Morgan fingerprint density at radius 1 is 1.39 bits per heavy atom. The fourth-order valence-corrected chi connectivity index (χ4v) is 3.72. The van der Waals surface area contributed by atoms with Crippen molar-refractivity contribution in [2.24, 2.45) is 0 Å². The lowest BCUT2D eigenvalue weighted by Crippen LogP contribution is -2.33. The van der Waals surface area contributed by atoms with Crippen molar-refractivity contribution >= 4 is 17.5 Å². The fraction of sp³-hybridized carbons (Fsp3) is 0.300. The molecule has 144 valence electrons. The molecule has 1 N–H and O–H groups in total. The molecule has 0 radical (unpaired) electrons. The molecule has 1 amide bonds. The topological polar surface area (TPSA) is 92.1 Å². The summed E-state index contributed by atoms with van der Waals surface area (Å²) < 4.78 is 5.94. The number of hydrogen-bond acceptors (Lipinski definition) is 5. The van der Waals surface area contributed by atoms with E-state index in [0.29, 0.717) is 35.3 Å². The average Bonchev–Trinajstić information content (AvgIpc) is 3.29. The minimum absolute atomic E-state index is 0.138. The molecule has 1 atom stereocenters. The van der Waals surface area contributed by atoms with Gasteiger partial charge in [0.15, 0.2) is 0 Å². The maximum absolute atomic E-state index is 12.9. The summed E-state index contributed by atoms with van der Waals surface area (Å²) in [5, 5.41) is 0.672. The quantitative estimate of drug-likeness (QED) is 0.728. The second-order valence-corrected chi connectivity index (χ2v) is 7.32. The van der Waals surface area contributed by atoms with Gasteiger partial charge in [0, 0.05) is 23.7 Å². The molecule has 0 unspecified atom stereocenters. The number of nitrogens with one attached hydrogen (secondary N) is 1. The van der Waals surface area contributed by atoms with Gasteiger partial charge in [-0.25, -0.2) is 9.78 Å². The summed E-state index contributed by atoms with van der Waals surface area (Å²) in [5.74, 6) is 0.928. The molecular formula is C20H19ClN4O3. The molecule has 0 saturated carbocycles. The molecule has 3 aromatic rings. The third-order valence-electron chi connectivity index (χ3n) is 4.74. The highest BCUT2D eigenvalue weighted by atomic mass is 35.5. The first-order valence-electron chi connectivity index (χ1n) is 9.07. The smallest absolute Gasteiger partial charge is 0.345 e. The zero-order chi connectivity index (χ0) is 19.7. The lowest BCUT2D eigenvalue weighted by atomic mass is 10.1. The Morgan fingerprint density at radius 2 is 2.25 bits per heavy atom. The van der Waals surface area contributed by atoms with Crippen LogP contribution in [0, 0.1) is 6.92 Å². The standard InChI is InChI=1S/C20H19ClN4O3/c1-12-8-16(24-20(27)23-12)19(26)25-7-3-6-17(25)18-22-11-15(28-18)10-13-4-2-5-14(21)9-13/h2,4-5,8-9,11,17H,3,6-7,10H2,1H3,(H,23,24,27)/t17-/m0/s1. The highest BCUT2D eigenvalue weighted by Gasteiger charge is 2.34. The molecule has 28 heavy (non-hydrogen) atoms.